The average molecular weight is 380 g/mol. The van der Waals surface area contributed by atoms with Crippen LogP contribution in [-0.2, 0) is 15.5 Å². The van der Waals surface area contributed by atoms with Crippen molar-refractivity contribution in [1.82, 2.24) is 14.8 Å². The van der Waals surface area contributed by atoms with Crippen molar-refractivity contribution in [3.63, 3.8) is 0 Å². The van der Waals surface area contributed by atoms with Crippen molar-refractivity contribution in [1.29, 1.82) is 0 Å². The molecule has 0 saturated carbocycles. The van der Waals surface area contributed by atoms with E-state index in [1.165, 1.54) is 0 Å². The summed E-state index contributed by atoms with van der Waals surface area (Å²) in [5.41, 5.74) is 0.990. The number of rotatable bonds is 1. The second-order valence-electron chi connectivity index (χ2n) is 6.91. The van der Waals surface area contributed by atoms with E-state index >= 15 is 0 Å². The number of sulfone groups is 1. The van der Waals surface area contributed by atoms with Gasteiger partial charge < -0.3 is 5.32 Å². The maximum absolute atomic E-state index is 12.7. The van der Waals surface area contributed by atoms with Crippen LogP contribution >= 0.6 is 0 Å². The van der Waals surface area contributed by atoms with E-state index in [1.54, 1.807) is 16.8 Å². The number of aromatic nitrogens is 3. The zero-order chi connectivity index (χ0) is 18.6. The lowest BCUT2D eigenvalue weighted by Crippen LogP contribution is -2.48. The first kappa shape index (κ1) is 16.2. The number of hydrogen-bond donors (Lipinski definition) is 1. The molecule has 2 aliphatic heterocycles. The minimum Gasteiger partial charge on any atom is -0.360 e. The van der Waals surface area contributed by atoms with Crippen molar-refractivity contribution in [2.75, 3.05) is 16.8 Å². The van der Waals surface area contributed by atoms with Crippen LogP contribution in [0.25, 0.3) is 22.6 Å². The summed E-state index contributed by atoms with van der Waals surface area (Å²) in [6, 6.07) is 16.5. The Hall–Kier alpha value is -3.00. The normalized spacial score (nSPS) is 22.1. The first-order valence-electron chi connectivity index (χ1n) is 8.63. The third kappa shape index (κ3) is 2.48. The van der Waals surface area contributed by atoms with Gasteiger partial charge in [-0.05, 0) is 12.1 Å². The second kappa shape index (κ2) is 5.50. The van der Waals surface area contributed by atoms with Gasteiger partial charge in [0.2, 0.25) is 0 Å². The predicted molar refractivity (Wildman–Crippen MR) is 102 cm³/mol. The smallest absolute Gasteiger partial charge is 0.300 e. The summed E-state index contributed by atoms with van der Waals surface area (Å²) in [6.45, 7) is 0. The fourth-order valence-corrected chi connectivity index (χ4v) is 5.68. The maximum atomic E-state index is 12.7. The Morgan fingerprint density at radius 3 is 2.52 bits per heavy atom. The van der Waals surface area contributed by atoms with Crippen molar-refractivity contribution >= 4 is 15.5 Å². The highest BCUT2D eigenvalue weighted by atomic mass is 32.2. The summed E-state index contributed by atoms with van der Waals surface area (Å²) in [5, 5.41) is 7.96. The Labute approximate surface area is 155 Å². The second-order valence-corrected chi connectivity index (χ2v) is 9.10. The van der Waals surface area contributed by atoms with Crippen molar-refractivity contribution < 1.29 is 8.42 Å². The van der Waals surface area contributed by atoms with E-state index in [9.17, 15) is 13.2 Å². The molecule has 8 heteroatoms. The summed E-state index contributed by atoms with van der Waals surface area (Å²) in [6.07, 6.45) is 0.364. The number of para-hydroxylation sites is 1. The minimum atomic E-state index is -3.22. The third-order valence-corrected chi connectivity index (χ3v) is 6.83. The summed E-state index contributed by atoms with van der Waals surface area (Å²) in [4.78, 5) is 17.0. The largest absolute Gasteiger partial charge is 0.360 e. The van der Waals surface area contributed by atoms with Crippen LogP contribution in [0.1, 0.15) is 6.42 Å². The molecule has 5 rings (SSSR count). The van der Waals surface area contributed by atoms with Crippen molar-refractivity contribution in [2.24, 2.45) is 0 Å². The quantitative estimate of drug-likeness (QED) is 0.693. The Balaban J connectivity index is 1.81. The molecule has 1 fully saturated rings. The molecule has 0 aliphatic carbocycles. The Morgan fingerprint density at radius 2 is 1.78 bits per heavy atom. The molecule has 1 N–H and O–H groups in total. The molecule has 3 heterocycles. The Kier molecular flexibility index (Phi) is 3.30. The van der Waals surface area contributed by atoms with Gasteiger partial charge in [-0.3, -0.25) is 4.79 Å². The van der Waals surface area contributed by atoms with Crippen LogP contribution in [0.2, 0.25) is 0 Å². The van der Waals surface area contributed by atoms with Gasteiger partial charge in [-0.15, -0.1) is 0 Å². The number of benzene rings is 2. The van der Waals surface area contributed by atoms with E-state index in [-0.39, 0.29) is 17.2 Å². The molecular weight excluding hydrogens is 364 g/mol. The highest BCUT2D eigenvalue weighted by Crippen LogP contribution is 2.41. The molecular formula is C19H16N4O3S. The van der Waals surface area contributed by atoms with E-state index in [4.69, 9.17) is 0 Å². The van der Waals surface area contributed by atoms with E-state index in [0.717, 1.165) is 11.3 Å². The lowest BCUT2D eigenvalue weighted by atomic mass is 10.0. The molecule has 0 amide bonds. The van der Waals surface area contributed by atoms with E-state index < -0.39 is 21.1 Å². The molecule has 1 atom stereocenters. The van der Waals surface area contributed by atoms with Gasteiger partial charge in [0.15, 0.2) is 21.4 Å². The van der Waals surface area contributed by atoms with Crippen LogP contribution in [0.15, 0.2) is 59.4 Å². The van der Waals surface area contributed by atoms with Gasteiger partial charge >= 0.3 is 0 Å². The Bertz CT molecular complexity index is 1220. The van der Waals surface area contributed by atoms with E-state index in [0.29, 0.717) is 17.8 Å². The van der Waals surface area contributed by atoms with Crippen molar-refractivity contribution in [3.8, 4) is 22.6 Å². The first-order chi connectivity index (χ1) is 13.0. The number of nitrogens with zero attached hydrogens (tertiary/aromatic N) is 3. The maximum Gasteiger partial charge on any atom is 0.300 e. The van der Waals surface area contributed by atoms with Gasteiger partial charge in [0.05, 0.1) is 11.5 Å². The predicted octanol–water partition coefficient (Wildman–Crippen LogP) is 1.87. The standard InChI is InChI=1S/C19H16N4O3S/c24-18-16(13-6-2-1-3-7-13)22-23-17(20-18)14-8-4-5-9-15(14)21-19(23)10-11-27(25,26)12-19/h1-9,21H,10-12H2. The molecule has 1 spiro atoms. The zero-order valence-corrected chi connectivity index (χ0v) is 15.1. The number of anilines is 1. The summed E-state index contributed by atoms with van der Waals surface area (Å²) in [7, 11) is -3.22. The lowest BCUT2D eigenvalue weighted by molar-refractivity contribution is 0.332. The molecule has 2 aliphatic rings. The van der Waals surface area contributed by atoms with Gasteiger partial charge in [0.25, 0.3) is 5.56 Å². The summed E-state index contributed by atoms with van der Waals surface area (Å²) < 4.78 is 26.2. The topological polar surface area (TPSA) is 93.9 Å². The monoisotopic (exact) mass is 380 g/mol. The van der Waals surface area contributed by atoms with Crippen LogP contribution in [-0.4, -0.2) is 34.7 Å². The molecule has 7 nitrogen and oxygen atoms in total. The van der Waals surface area contributed by atoms with Crippen molar-refractivity contribution in [2.45, 2.75) is 12.1 Å². The SMILES string of the molecule is O=c1nc2n(nc1-c1ccccc1)C1(CCS(=O)(=O)C1)Nc1ccccc1-2. The molecule has 3 aromatic rings. The van der Waals surface area contributed by atoms with Crippen LogP contribution in [0.5, 0.6) is 0 Å². The van der Waals surface area contributed by atoms with Crippen molar-refractivity contribution in [3.05, 3.63) is 65.0 Å². The molecule has 0 bridgehead atoms. The molecule has 1 saturated heterocycles. The van der Waals surface area contributed by atoms with Crippen LogP contribution in [0, 0.1) is 0 Å². The highest BCUT2D eigenvalue weighted by Gasteiger charge is 2.48. The van der Waals surface area contributed by atoms with Crippen LogP contribution in [0.4, 0.5) is 5.69 Å². The van der Waals surface area contributed by atoms with Gasteiger partial charge in [0.1, 0.15) is 5.66 Å². The Morgan fingerprint density at radius 1 is 1.04 bits per heavy atom. The molecule has 27 heavy (non-hydrogen) atoms. The molecule has 1 unspecified atom stereocenters. The average Bonchev–Trinajstić information content (AvgIpc) is 2.97. The summed E-state index contributed by atoms with van der Waals surface area (Å²) in [5.74, 6) is 0.370. The van der Waals surface area contributed by atoms with Crippen LogP contribution in [0.3, 0.4) is 0 Å². The zero-order valence-electron chi connectivity index (χ0n) is 14.3. The van der Waals surface area contributed by atoms with Gasteiger partial charge in [-0.1, -0.05) is 42.5 Å². The minimum absolute atomic E-state index is 0.0656. The first-order valence-corrected chi connectivity index (χ1v) is 10.4. The van der Waals surface area contributed by atoms with E-state index in [1.807, 2.05) is 42.5 Å². The molecule has 136 valence electrons. The summed E-state index contributed by atoms with van der Waals surface area (Å²) >= 11 is 0. The lowest BCUT2D eigenvalue weighted by Gasteiger charge is -2.38. The third-order valence-electron chi connectivity index (χ3n) is 5.08. The van der Waals surface area contributed by atoms with Crippen LogP contribution < -0.4 is 10.9 Å². The van der Waals surface area contributed by atoms with E-state index in [2.05, 4.69) is 15.4 Å². The number of fused-ring (bicyclic) bond motifs is 4. The fraction of sp³-hybridized carbons (Fsp3) is 0.211. The fourth-order valence-electron chi connectivity index (χ4n) is 3.83. The van der Waals surface area contributed by atoms with Gasteiger partial charge in [0, 0.05) is 23.2 Å². The molecule has 0 radical (unpaired) electrons. The molecule has 1 aromatic heterocycles. The number of nitrogens with one attached hydrogen (secondary N) is 1. The molecule has 2 aromatic carbocycles. The highest BCUT2D eigenvalue weighted by molar-refractivity contribution is 7.91. The number of hydrogen-bond acceptors (Lipinski definition) is 6. The van der Waals surface area contributed by atoms with Gasteiger partial charge in [-0.2, -0.15) is 10.1 Å². The van der Waals surface area contributed by atoms with Gasteiger partial charge in [-0.25, -0.2) is 13.1 Å².